The van der Waals surface area contributed by atoms with Crippen molar-refractivity contribution in [2.24, 2.45) is 0 Å². The van der Waals surface area contributed by atoms with Crippen LogP contribution in [-0.2, 0) is 4.79 Å². The Morgan fingerprint density at radius 3 is 3.07 bits per heavy atom. The lowest BCUT2D eigenvalue weighted by Crippen LogP contribution is -2.46. The molecule has 0 aromatic carbocycles. The van der Waals surface area contributed by atoms with E-state index in [0.717, 1.165) is 19.5 Å². The van der Waals surface area contributed by atoms with Crippen LogP contribution in [0.4, 0.5) is 0 Å². The topological polar surface area (TPSA) is 32.3 Å². The standard InChI is InChI=1S/C10H17ClN2O/c1-13-8-9(4-5-10(13)14)12-7-3-2-6-11/h2-3,9,12H,4-8H2,1H3/b3-2+. The van der Waals surface area contributed by atoms with E-state index in [0.29, 0.717) is 18.3 Å². The van der Waals surface area contributed by atoms with Gasteiger partial charge in [-0.2, -0.15) is 0 Å². The highest BCUT2D eigenvalue weighted by molar-refractivity contribution is 6.18. The normalized spacial score (nSPS) is 23.4. The smallest absolute Gasteiger partial charge is 0.222 e. The summed E-state index contributed by atoms with van der Waals surface area (Å²) in [6, 6.07) is 0.428. The van der Waals surface area contributed by atoms with E-state index in [1.807, 2.05) is 19.2 Å². The van der Waals surface area contributed by atoms with Crippen LogP contribution in [0.3, 0.4) is 0 Å². The van der Waals surface area contributed by atoms with Crippen LogP contribution >= 0.6 is 11.6 Å². The zero-order chi connectivity index (χ0) is 10.4. The van der Waals surface area contributed by atoms with Crippen molar-refractivity contribution < 1.29 is 4.79 Å². The van der Waals surface area contributed by atoms with Gasteiger partial charge in [-0.15, -0.1) is 11.6 Å². The molecule has 4 heteroatoms. The molecule has 1 amide bonds. The number of rotatable bonds is 4. The van der Waals surface area contributed by atoms with E-state index >= 15 is 0 Å². The number of alkyl halides is 1. The summed E-state index contributed by atoms with van der Waals surface area (Å²) in [6.45, 7) is 1.65. The molecule has 0 spiro atoms. The van der Waals surface area contributed by atoms with Crippen molar-refractivity contribution in [3.8, 4) is 0 Å². The van der Waals surface area contributed by atoms with Gasteiger partial charge in [0, 0.05) is 38.5 Å². The van der Waals surface area contributed by atoms with Crippen molar-refractivity contribution in [2.75, 3.05) is 26.0 Å². The average Bonchev–Trinajstić information content (AvgIpc) is 2.18. The third-order valence-corrected chi connectivity index (χ3v) is 2.58. The molecule has 0 bridgehead atoms. The molecular formula is C10H17ClN2O. The second-order valence-corrected chi connectivity index (χ2v) is 3.85. The molecule has 1 unspecified atom stereocenters. The number of nitrogens with zero attached hydrogens (tertiary/aromatic N) is 1. The number of likely N-dealkylation sites (tertiary alicyclic amines) is 1. The van der Waals surface area contributed by atoms with Gasteiger partial charge in [0.15, 0.2) is 0 Å². The summed E-state index contributed by atoms with van der Waals surface area (Å²) in [6.07, 6.45) is 5.54. The number of nitrogens with one attached hydrogen (secondary N) is 1. The minimum Gasteiger partial charge on any atom is -0.344 e. The Hall–Kier alpha value is -0.540. The number of amides is 1. The van der Waals surface area contributed by atoms with Crippen molar-refractivity contribution in [2.45, 2.75) is 18.9 Å². The lowest BCUT2D eigenvalue weighted by Gasteiger charge is -2.29. The van der Waals surface area contributed by atoms with Gasteiger partial charge in [-0.3, -0.25) is 4.79 Å². The van der Waals surface area contributed by atoms with Crippen LogP contribution in [0.25, 0.3) is 0 Å². The molecule has 1 saturated heterocycles. The number of carbonyl (C=O) groups is 1. The van der Waals surface area contributed by atoms with Crippen molar-refractivity contribution in [1.82, 2.24) is 10.2 Å². The molecule has 0 saturated carbocycles. The quantitative estimate of drug-likeness (QED) is 0.562. The molecule has 1 aliphatic heterocycles. The predicted molar refractivity (Wildman–Crippen MR) is 58.5 cm³/mol. The van der Waals surface area contributed by atoms with Gasteiger partial charge in [-0.25, -0.2) is 0 Å². The second-order valence-electron chi connectivity index (χ2n) is 3.54. The van der Waals surface area contributed by atoms with Crippen LogP contribution < -0.4 is 5.32 Å². The van der Waals surface area contributed by atoms with Crippen LogP contribution in [0.2, 0.25) is 0 Å². The van der Waals surface area contributed by atoms with Crippen LogP contribution in [-0.4, -0.2) is 42.9 Å². The molecule has 14 heavy (non-hydrogen) atoms. The van der Waals surface area contributed by atoms with Crippen molar-refractivity contribution in [3.05, 3.63) is 12.2 Å². The maximum Gasteiger partial charge on any atom is 0.222 e. The fraction of sp³-hybridized carbons (Fsp3) is 0.700. The molecule has 0 aliphatic carbocycles. The first-order valence-corrected chi connectivity index (χ1v) is 5.46. The predicted octanol–water partition coefficient (Wildman–Crippen LogP) is 0.992. The third-order valence-electron chi connectivity index (χ3n) is 2.41. The molecule has 1 N–H and O–H groups in total. The summed E-state index contributed by atoms with van der Waals surface area (Å²) in [7, 11) is 1.85. The lowest BCUT2D eigenvalue weighted by molar-refractivity contribution is -0.132. The van der Waals surface area contributed by atoms with Crippen molar-refractivity contribution in [1.29, 1.82) is 0 Å². The minimum atomic E-state index is 0.249. The SMILES string of the molecule is CN1CC(NC/C=C/CCl)CCC1=O. The molecule has 0 aromatic heterocycles. The van der Waals surface area contributed by atoms with Crippen LogP contribution in [0.15, 0.2) is 12.2 Å². The van der Waals surface area contributed by atoms with Gasteiger partial charge < -0.3 is 10.2 Å². The summed E-state index contributed by atoms with van der Waals surface area (Å²) in [5.74, 6) is 0.810. The number of piperidine rings is 1. The van der Waals surface area contributed by atoms with Crippen molar-refractivity contribution >= 4 is 17.5 Å². The minimum absolute atomic E-state index is 0.249. The Kier molecular flexibility index (Phi) is 4.98. The maximum atomic E-state index is 11.2. The molecule has 1 heterocycles. The second kappa shape index (κ2) is 6.04. The van der Waals surface area contributed by atoms with E-state index in [1.165, 1.54) is 0 Å². The van der Waals surface area contributed by atoms with E-state index in [4.69, 9.17) is 11.6 Å². The number of carbonyl (C=O) groups excluding carboxylic acids is 1. The Morgan fingerprint density at radius 1 is 1.64 bits per heavy atom. The average molecular weight is 217 g/mol. The van der Waals surface area contributed by atoms with E-state index in [9.17, 15) is 4.79 Å². The monoisotopic (exact) mass is 216 g/mol. The highest BCUT2D eigenvalue weighted by atomic mass is 35.5. The maximum absolute atomic E-state index is 11.2. The summed E-state index contributed by atoms with van der Waals surface area (Å²) < 4.78 is 0. The molecule has 80 valence electrons. The van der Waals surface area contributed by atoms with Gasteiger partial charge in [0.1, 0.15) is 0 Å². The Morgan fingerprint density at radius 2 is 2.43 bits per heavy atom. The van der Waals surface area contributed by atoms with Gasteiger partial charge in [0.05, 0.1) is 0 Å². The van der Waals surface area contributed by atoms with Gasteiger partial charge >= 0.3 is 0 Å². The van der Waals surface area contributed by atoms with Crippen LogP contribution in [0.5, 0.6) is 0 Å². The largest absolute Gasteiger partial charge is 0.344 e. The Balaban J connectivity index is 2.20. The number of halogens is 1. The fourth-order valence-electron chi connectivity index (χ4n) is 1.56. The zero-order valence-electron chi connectivity index (χ0n) is 8.50. The lowest BCUT2D eigenvalue weighted by atomic mass is 10.1. The molecule has 0 aromatic rings. The fourth-order valence-corrected chi connectivity index (χ4v) is 1.69. The first-order valence-electron chi connectivity index (χ1n) is 4.92. The highest BCUT2D eigenvalue weighted by Crippen LogP contribution is 2.08. The first-order chi connectivity index (χ1) is 6.74. The number of allylic oxidation sites excluding steroid dienone is 1. The molecule has 1 aliphatic rings. The molecule has 3 nitrogen and oxygen atoms in total. The molecule has 1 rings (SSSR count). The van der Waals surface area contributed by atoms with E-state index in [2.05, 4.69) is 5.32 Å². The van der Waals surface area contributed by atoms with E-state index in [1.54, 1.807) is 4.90 Å². The van der Waals surface area contributed by atoms with Crippen molar-refractivity contribution in [3.63, 3.8) is 0 Å². The first kappa shape index (κ1) is 11.5. The summed E-state index contributed by atoms with van der Waals surface area (Å²) in [5, 5.41) is 3.37. The van der Waals surface area contributed by atoms with Crippen LogP contribution in [0.1, 0.15) is 12.8 Å². The van der Waals surface area contributed by atoms with Gasteiger partial charge in [0.2, 0.25) is 5.91 Å². The Labute approximate surface area is 90.1 Å². The van der Waals surface area contributed by atoms with E-state index in [-0.39, 0.29) is 5.91 Å². The van der Waals surface area contributed by atoms with Gasteiger partial charge in [0.25, 0.3) is 0 Å². The summed E-state index contributed by atoms with van der Waals surface area (Å²) in [5.41, 5.74) is 0. The highest BCUT2D eigenvalue weighted by Gasteiger charge is 2.21. The zero-order valence-corrected chi connectivity index (χ0v) is 9.26. The Bertz CT molecular complexity index is 218. The summed E-state index contributed by atoms with van der Waals surface area (Å²) in [4.78, 5) is 13.0. The molecular weight excluding hydrogens is 200 g/mol. The van der Waals surface area contributed by atoms with E-state index < -0.39 is 0 Å². The van der Waals surface area contributed by atoms with Gasteiger partial charge in [-0.1, -0.05) is 12.2 Å². The summed E-state index contributed by atoms with van der Waals surface area (Å²) >= 11 is 5.50. The molecule has 1 atom stereocenters. The molecule has 0 radical (unpaired) electrons. The number of hydrogen-bond donors (Lipinski definition) is 1. The third kappa shape index (κ3) is 3.68. The number of likely N-dealkylation sites (N-methyl/N-ethyl adjacent to an activating group) is 1. The van der Waals surface area contributed by atoms with Gasteiger partial charge in [-0.05, 0) is 6.42 Å². The molecule has 1 fully saturated rings. The number of hydrogen-bond acceptors (Lipinski definition) is 2. The van der Waals surface area contributed by atoms with Crippen LogP contribution in [0, 0.1) is 0 Å².